The van der Waals surface area contributed by atoms with Gasteiger partial charge in [-0.25, -0.2) is 0 Å². The number of nitrogens with one attached hydrogen (secondary N) is 1. The number of nitrogens with zero attached hydrogens (tertiary/aromatic N) is 1. The van der Waals surface area contributed by atoms with Crippen molar-refractivity contribution in [2.24, 2.45) is 0 Å². The Morgan fingerprint density at radius 1 is 1.10 bits per heavy atom. The van der Waals surface area contributed by atoms with Crippen LogP contribution in [0.5, 0.6) is 0 Å². The average molecular weight is 284 g/mol. The van der Waals surface area contributed by atoms with Crippen LogP contribution < -0.4 is 5.32 Å². The Morgan fingerprint density at radius 2 is 1.70 bits per heavy atom. The zero-order valence-electron chi connectivity index (χ0n) is 12.8. The summed E-state index contributed by atoms with van der Waals surface area (Å²) in [6, 6.07) is 0. The number of rotatable bonds is 7. The van der Waals surface area contributed by atoms with Crippen LogP contribution in [0, 0.1) is 0 Å². The van der Waals surface area contributed by atoms with Crippen molar-refractivity contribution in [3.8, 4) is 0 Å². The fraction of sp³-hybridized carbons (Fsp3) is 0.867. The molecule has 1 amide bonds. The predicted octanol–water partition coefficient (Wildman–Crippen LogP) is 2.01. The summed E-state index contributed by atoms with van der Waals surface area (Å²) in [5.74, 6) is -0.872. The van der Waals surface area contributed by atoms with E-state index >= 15 is 0 Å². The molecule has 0 unspecified atom stereocenters. The molecule has 116 valence electrons. The lowest BCUT2D eigenvalue weighted by Gasteiger charge is -2.39. The molecule has 20 heavy (non-hydrogen) atoms. The van der Waals surface area contributed by atoms with Crippen molar-refractivity contribution in [2.75, 3.05) is 20.6 Å². The molecule has 0 spiro atoms. The van der Waals surface area contributed by atoms with Crippen LogP contribution in [-0.2, 0) is 9.59 Å². The molecule has 1 aliphatic rings. The highest BCUT2D eigenvalue weighted by Gasteiger charge is 2.33. The van der Waals surface area contributed by atoms with E-state index < -0.39 is 5.97 Å². The quantitative estimate of drug-likeness (QED) is 0.702. The SMILES string of the molecule is CN(C)C1(CNC(=O)CCCC(=O)O)CCCCCC1. The first-order valence-electron chi connectivity index (χ1n) is 7.62. The second-order valence-corrected chi connectivity index (χ2v) is 6.06. The van der Waals surface area contributed by atoms with E-state index in [2.05, 4.69) is 24.3 Å². The third kappa shape index (κ3) is 5.49. The summed E-state index contributed by atoms with van der Waals surface area (Å²) in [5.41, 5.74) is 0.0684. The van der Waals surface area contributed by atoms with Crippen LogP contribution in [0.2, 0.25) is 0 Å². The van der Waals surface area contributed by atoms with Gasteiger partial charge in [0, 0.05) is 24.9 Å². The summed E-state index contributed by atoms with van der Waals surface area (Å²) >= 11 is 0. The van der Waals surface area contributed by atoms with Crippen molar-refractivity contribution in [2.45, 2.75) is 63.3 Å². The van der Waals surface area contributed by atoms with E-state index in [9.17, 15) is 9.59 Å². The second-order valence-electron chi connectivity index (χ2n) is 6.06. The molecule has 0 aromatic rings. The number of carboxylic acids is 1. The van der Waals surface area contributed by atoms with E-state index in [-0.39, 0.29) is 17.9 Å². The number of carboxylic acid groups (broad SMARTS) is 1. The minimum Gasteiger partial charge on any atom is -0.481 e. The molecule has 0 radical (unpaired) electrons. The van der Waals surface area contributed by atoms with E-state index in [0.717, 1.165) is 12.8 Å². The van der Waals surface area contributed by atoms with E-state index in [4.69, 9.17) is 5.11 Å². The van der Waals surface area contributed by atoms with Crippen LogP contribution in [-0.4, -0.2) is 48.1 Å². The largest absolute Gasteiger partial charge is 0.481 e. The Bertz CT molecular complexity index is 321. The molecule has 1 fully saturated rings. The molecule has 5 nitrogen and oxygen atoms in total. The Kier molecular flexibility index (Phi) is 6.99. The number of hydrogen-bond acceptors (Lipinski definition) is 3. The maximum atomic E-state index is 11.8. The Labute approximate surface area is 121 Å². The highest BCUT2D eigenvalue weighted by molar-refractivity contribution is 5.76. The molecule has 1 rings (SSSR count). The zero-order valence-corrected chi connectivity index (χ0v) is 12.8. The molecule has 2 N–H and O–H groups in total. The molecule has 5 heteroatoms. The first-order valence-corrected chi connectivity index (χ1v) is 7.62. The molecule has 1 aliphatic carbocycles. The summed E-state index contributed by atoms with van der Waals surface area (Å²) in [6.45, 7) is 0.673. The lowest BCUT2D eigenvalue weighted by Crippen LogP contribution is -2.52. The number of likely N-dealkylation sites (N-methyl/N-ethyl adjacent to an activating group) is 1. The predicted molar refractivity (Wildman–Crippen MR) is 78.6 cm³/mol. The summed E-state index contributed by atoms with van der Waals surface area (Å²) in [7, 11) is 4.17. The van der Waals surface area contributed by atoms with Gasteiger partial charge in [0.15, 0.2) is 0 Å². The molecule has 0 heterocycles. The van der Waals surface area contributed by atoms with Gasteiger partial charge in [-0.3, -0.25) is 9.59 Å². The fourth-order valence-electron chi connectivity index (χ4n) is 2.92. The van der Waals surface area contributed by atoms with Crippen molar-refractivity contribution in [1.82, 2.24) is 10.2 Å². The van der Waals surface area contributed by atoms with Crippen molar-refractivity contribution in [3.05, 3.63) is 0 Å². The Hall–Kier alpha value is -1.10. The maximum absolute atomic E-state index is 11.8. The standard InChI is InChI=1S/C15H28N2O3/c1-17(2)15(10-5-3-4-6-11-15)12-16-13(18)8-7-9-14(19)20/h3-12H2,1-2H3,(H,16,18)(H,19,20). The van der Waals surface area contributed by atoms with Crippen LogP contribution in [0.1, 0.15) is 57.8 Å². The van der Waals surface area contributed by atoms with Crippen molar-refractivity contribution < 1.29 is 14.7 Å². The molecular formula is C15H28N2O3. The van der Waals surface area contributed by atoms with Gasteiger partial charge in [-0.05, 0) is 33.4 Å². The zero-order chi connectivity index (χ0) is 15.0. The molecule has 0 bridgehead atoms. The first-order chi connectivity index (χ1) is 9.46. The number of aliphatic carboxylic acids is 1. The lowest BCUT2D eigenvalue weighted by molar-refractivity contribution is -0.137. The molecule has 0 saturated heterocycles. The normalized spacial score (nSPS) is 18.6. The van der Waals surface area contributed by atoms with Gasteiger partial charge in [-0.2, -0.15) is 0 Å². The fourth-order valence-corrected chi connectivity index (χ4v) is 2.92. The van der Waals surface area contributed by atoms with Gasteiger partial charge in [-0.15, -0.1) is 0 Å². The molecule has 0 aromatic carbocycles. The van der Waals surface area contributed by atoms with Crippen LogP contribution in [0.3, 0.4) is 0 Å². The van der Waals surface area contributed by atoms with Crippen molar-refractivity contribution in [1.29, 1.82) is 0 Å². The van der Waals surface area contributed by atoms with Gasteiger partial charge in [0.2, 0.25) is 5.91 Å². The third-order valence-corrected chi connectivity index (χ3v) is 4.39. The lowest BCUT2D eigenvalue weighted by atomic mass is 9.88. The van der Waals surface area contributed by atoms with E-state index in [0.29, 0.717) is 19.4 Å². The van der Waals surface area contributed by atoms with E-state index in [1.807, 2.05) is 0 Å². The van der Waals surface area contributed by atoms with Gasteiger partial charge in [0.05, 0.1) is 0 Å². The topological polar surface area (TPSA) is 69.6 Å². The molecule has 0 aliphatic heterocycles. The number of amides is 1. The average Bonchev–Trinajstić information content (AvgIpc) is 2.62. The molecule has 1 saturated carbocycles. The maximum Gasteiger partial charge on any atom is 0.303 e. The summed E-state index contributed by atoms with van der Waals surface area (Å²) in [5, 5.41) is 11.6. The molecule has 0 aromatic heterocycles. The van der Waals surface area contributed by atoms with Gasteiger partial charge in [-0.1, -0.05) is 25.7 Å². The highest BCUT2D eigenvalue weighted by Crippen LogP contribution is 2.30. The van der Waals surface area contributed by atoms with Gasteiger partial charge >= 0.3 is 5.97 Å². The van der Waals surface area contributed by atoms with Crippen LogP contribution in [0.4, 0.5) is 0 Å². The number of hydrogen-bond donors (Lipinski definition) is 2. The first kappa shape index (κ1) is 17.0. The monoisotopic (exact) mass is 284 g/mol. The summed E-state index contributed by atoms with van der Waals surface area (Å²) in [4.78, 5) is 24.5. The molecular weight excluding hydrogens is 256 g/mol. The van der Waals surface area contributed by atoms with Crippen molar-refractivity contribution in [3.63, 3.8) is 0 Å². The Balaban J connectivity index is 2.42. The van der Waals surface area contributed by atoms with Gasteiger partial charge in [0.1, 0.15) is 0 Å². The summed E-state index contributed by atoms with van der Waals surface area (Å²) < 4.78 is 0. The minimum atomic E-state index is -0.841. The Morgan fingerprint density at radius 3 is 2.20 bits per heavy atom. The minimum absolute atomic E-state index is 0.0308. The third-order valence-electron chi connectivity index (χ3n) is 4.39. The van der Waals surface area contributed by atoms with Crippen LogP contribution in [0.25, 0.3) is 0 Å². The van der Waals surface area contributed by atoms with Crippen LogP contribution >= 0.6 is 0 Å². The second kappa shape index (κ2) is 8.25. The van der Waals surface area contributed by atoms with E-state index in [1.54, 1.807) is 0 Å². The molecule has 0 atom stereocenters. The van der Waals surface area contributed by atoms with Gasteiger partial charge < -0.3 is 15.3 Å². The highest BCUT2D eigenvalue weighted by atomic mass is 16.4. The summed E-state index contributed by atoms with van der Waals surface area (Å²) in [6.07, 6.45) is 8.01. The van der Waals surface area contributed by atoms with E-state index in [1.165, 1.54) is 25.7 Å². The van der Waals surface area contributed by atoms with Crippen molar-refractivity contribution >= 4 is 11.9 Å². The smallest absolute Gasteiger partial charge is 0.303 e. The van der Waals surface area contributed by atoms with Crippen LogP contribution in [0.15, 0.2) is 0 Å². The van der Waals surface area contributed by atoms with Gasteiger partial charge in [0.25, 0.3) is 0 Å². The number of carbonyl (C=O) groups excluding carboxylic acids is 1. The number of carbonyl (C=O) groups is 2.